The normalized spacial score (nSPS) is 10.8. The largest absolute Gasteiger partial charge is 0.493 e. The number of benzene rings is 1. The molecule has 0 saturated carbocycles. The molecule has 0 unspecified atom stereocenters. The van der Waals surface area contributed by atoms with Gasteiger partial charge in [-0.25, -0.2) is 0 Å². The summed E-state index contributed by atoms with van der Waals surface area (Å²) in [5.41, 5.74) is 1.20. The van der Waals surface area contributed by atoms with E-state index in [1.165, 1.54) is 5.56 Å². The van der Waals surface area contributed by atoms with Crippen LogP contribution in [-0.4, -0.2) is 33.5 Å². The average molecular weight is 281 g/mol. The molecule has 114 valence electrons. The van der Waals surface area contributed by atoms with E-state index in [2.05, 4.69) is 11.4 Å². The summed E-state index contributed by atoms with van der Waals surface area (Å²) in [6.07, 6.45) is 2.36. The quantitative estimate of drug-likeness (QED) is 0.669. The van der Waals surface area contributed by atoms with Gasteiger partial charge in [0.25, 0.3) is 0 Å². The first-order valence-electron chi connectivity index (χ1n) is 7.20. The molecule has 0 radical (unpaired) electrons. The van der Waals surface area contributed by atoms with Crippen molar-refractivity contribution in [3.8, 4) is 11.5 Å². The molecule has 0 aliphatic heterocycles. The maximum atomic E-state index is 5.70. The highest BCUT2D eigenvalue weighted by atomic mass is 16.5. The van der Waals surface area contributed by atoms with Gasteiger partial charge < -0.3 is 19.5 Å². The fourth-order valence-electron chi connectivity index (χ4n) is 1.90. The van der Waals surface area contributed by atoms with Crippen molar-refractivity contribution in [3.05, 3.63) is 23.8 Å². The predicted molar refractivity (Wildman–Crippen MR) is 81.6 cm³/mol. The summed E-state index contributed by atoms with van der Waals surface area (Å²) in [6, 6.07) is 6.07. The Morgan fingerprint density at radius 1 is 1.10 bits per heavy atom. The highest BCUT2D eigenvalue weighted by molar-refractivity contribution is 5.43. The smallest absolute Gasteiger partial charge is 0.161 e. The van der Waals surface area contributed by atoms with Crippen LogP contribution < -0.4 is 14.8 Å². The average Bonchev–Trinajstić information content (AvgIpc) is 2.43. The van der Waals surface area contributed by atoms with Gasteiger partial charge in [-0.3, -0.25) is 0 Å². The number of unbranched alkanes of at least 4 members (excludes halogenated alkanes) is 1. The molecule has 0 aliphatic carbocycles. The fourth-order valence-corrected chi connectivity index (χ4v) is 1.90. The van der Waals surface area contributed by atoms with Crippen molar-refractivity contribution in [1.29, 1.82) is 0 Å². The van der Waals surface area contributed by atoms with Gasteiger partial charge in [-0.1, -0.05) is 6.07 Å². The zero-order valence-electron chi connectivity index (χ0n) is 13.1. The van der Waals surface area contributed by atoms with Gasteiger partial charge in [-0.05, 0) is 50.9 Å². The lowest BCUT2D eigenvalue weighted by molar-refractivity contribution is 0.192. The van der Waals surface area contributed by atoms with E-state index >= 15 is 0 Å². The number of hydrogen-bond donors (Lipinski definition) is 1. The van der Waals surface area contributed by atoms with Gasteiger partial charge in [0.1, 0.15) is 0 Å². The van der Waals surface area contributed by atoms with Crippen LogP contribution >= 0.6 is 0 Å². The lowest BCUT2D eigenvalue weighted by atomic mass is 10.2. The SMILES string of the molecule is COCCCCNCc1ccc(OC(C)C)c(OC)c1. The molecule has 1 N–H and O–H groups in total. The van der Waals surface area contributed by atoms with Gasteiger partial charge in [0.05, 0.1) is 13.2 Å². The molecule has 0 heterocycles. The summed E-state index contributed by atoms with van der Waals surface area (Å²) in [5, 5.41) is 3.42. The molecular formula is C16H27NO3. The summed E-state index contributed by atoms with van der Waals surface area (Å²) in [7, 11) is 3.41. The standard InChI is InChI=1S/C16H27NO3/c1-13(2)20-15-8-7-14(11-16(15)19-4)12-17-9-5-6-10-18-3/h7-8,11,13,17H,5-6,9-10,12H2,1-4H3. The molecule has 1 aromatic carbocycles. The minimum absolute atomic E-state index is 0.147. The first-order valence-corrected chi connectivity index (χ1v) is 7.20. The van der Waals surface area contributed by atoms with E-state index in [4.69, 9.17) is 14.2 Å². The van der Waals surface area contributed by atoms with E-state index < -0.39 is 0 Å². The zero-order valence-corrected chi connectivity index (χ0v) is 13.1. The number of rotatable bonds is 10. The van der Waals surface area contributed by atoms with Crippen LogP contribution in [0.2, 0.25) is 0 Å². The maximum absolute atomic E-state index is 5.70. The van der Waals surface area contributed by atoms with E-state index in [-0.39, 0.29) is 6.10 Å². The van der Waals surface area contributed by atoms with Gasteiger partial charge >= 0.3 is 0 Å². The molecule has 4 heteroatoms. The first kappa shape index (κ1) is 16.8. The van der Waals surface area contributed by atoms with Gasteiger partial charge in [0, 0.05) is 20.3 Å². The molecule has 1 aromatic rings. The first-order chi connectivity index (χ1) is 9.67. The van der Waals surface area contributed by atoms with Crippen molar-refractivity contribution < 1.29 is 14.2 Å². The molecule has 0 saturated heterocycles. The zero-order chi connectivity index (χ0) is 14.8. The van der Waals surface area contributed by atoms with Crippen molar-refractivity contribution >= 4 is 0 Å². The Hall–Kier alpha value is -1.26. The minimum Gasteiger partial charge on any atom is -0.493 e. The molecule has 0 aliphatic rings. The van der Waals surface area contributed by atoms with E-state index in [1.807, 2.05) is 26.0 Å². The second-order valence-electron chi connectivity index (χ2n) is 5.03. The fraction of sp³-hybridized carbons (Fsp3) is 0.625. The molecular weight excluding hydrogens is 254 g/mol. The second-order valence-corrected chi connectivity index (χ2v) is 5.03. The lowest BCUT2D eigenvalue weighted by Gasteiger charge is -2.14. The summed E-state index contributed by atoms with van der Waals surface area (Å²) in [5.74, 6) is 1.59. The van der Waals surface area contributed by atoms with Crippen LogP contribution in [0.4, 0.5) is 0 Å². The number of hydrogen-bond acceptors (Lipinski definition) is 4. The van der Waals surface area contributed by atoms with Crippen LogP contribution in [0.3, 0.4) is 0 Å². The predicted octanol–water partition coefficient (Wildman–Crippen LogP) is 3.00. The van der Waals surface area contributed by atoms with Crippen LogP contribution in [-0.2, 0) is 11.3 Å². The van der Waals surface area contributed by atoms with Gasteiger partial charge in [-0.15, -0.1) is 0 Å². The second kappa shape index (κ2) is 9.61. The Kier molecular flexibility index (Phi) is 8.07. The number of nitrogens with one attached hydrogen (secondary N) is 1. The molecule has 0 aromatic heterocycles. The summed E-state index contributed by atoms with van der Waals surface area (Å²) in [4.78, 5) is 0. The van der Waals surface area contributed by atoms with E-state index in [0.29, 0.717) is 0 Å². The van der Waals surface area contributed by atoms with Gasteiger partial charge in [-0.2, -0.15) is 0 Å². The van der Waals surface area contributed by atoms with Crippen molar-refractivity contribution in [2.45, 2.75) is 39.3 Å². The van der Waals surface area contributed by atoms with Crippen molar-refractivity contribution in [3.63, 3.8) is 0 Å². The summed E-state index contributed by atoms with van der Waals surface area (Å²) >= 11 is 0. The topological polar surface area (TPSA) is 39.7 Å². The van der Waals surface area contributed by atoms with E-state index in [9.17, 15) is 0 Å². The van der Waals surface area contributed by atoms with E-state index in [0.717, 1.165) is 44.0 Å². The molecule has 20 heavy (non-hydrogen) atoms. The van der Waals surface area contributed by atoms with E-state index in [1.54, 1.807) is 14.2 Å². The van der Waals surface area contributed by atoms with Crippen molar-refractivity contribution in [2.75, 3.05) is 27.4 Å². The van der Waals surface area contributed by atoms with Crippen LogP contribution in [0.15, 0.2) is 18.2 Å². The Morgan fingerprint density at radius 3 is 2.55 bits per heavy atom. The lowest BCUT2D eigenvalue weighted by Crippen LogP contribution is -2.15. The number of methoxy groups -OCH3 is 2. The monoisotopic (exact) mass is 281 g/mol. The highest BCUT2D eigenvalue weighted by Gasteiger charge is 2.07. The Balaban J connectivity index is 2.43. The third-order valence-corrected chi connectivity index (χ3v) is 2.87. The van der Waals surface area contributed by atoms with Crippen molar-refractivity contribution in [1.82, 2.24) is 5.32 Å². The molecule has 4 nitrogen and oxygen atoms in total. The Bertz CT molecular complexity index is 380. The van der Waals surface area contributed by atoms with Crippen LogP contribution in [0.25, 0.3) is 0 Å². The van der Waals surface area contributed by atoms with Gasteiger partial charge in [0.2, 0.25) is 0 Å². The van der Waals surface area contributed by atoms with Crippen LogP contribution in [0.5, 0.6) is 11.5 Å². The highest BCUT2D eigenvalue weighted by Crippen LogP contribution is 2.28. The molecule has 0 fully saturated rings. The molecule has 0 spiro atoms. The molecule has 0 amide bonds. The van der Waals surface area contributed by atoms with Crippen LogP contribution in [0, 0.1) is 0 Å². The molecule has 0 atom stereocenters. The minimum atomic E-state index is 0.147. The Labute approximate surface area is 122 Å². The van der Waals surface area contributed by atoms with Crippen LogP contribution in [0.1, 0.15) is 32.3 Å². The summed E-state index contributed by atoms with van der Waals surface area (Å²) in [6.45, 7) is 6.68. The molecule has 0 bridgehead atoms. The van der Waals surface area contributed by atoms with Gasteiger partial charge in [0.15, 0.2) is 11.5 Å². The Morgan fingerprint density at radius 2 is 1.90 bits per heavy atom. The number of ether oxygens (including phenoxy) is 3. The van der Waals surface area contributed by atoms with Crippen molar-refractivity contribution in [2.24, 2.45) is 0 Å². The third kappa shape index (κ3) is 6.26. The summed E-state index contributed by atoms with van der Waals surface area (Å²) < 4.78 is 16.1. The molecule has 1 rings (SSSR count). The maximum Gasteiger partial charge on any atom is 0.161 e. The third-order valence-electron chi connectivity index (χ3n) is 2.87.